The third kappa shape index (κ3) is 73.1. The highest BCUT2D eigenvalue weighted by atomic mass is 16.5. The maximum Gasteiger partial charge on any atom is 0.305 e. The second-order valence-electron chi connectivity index (χ2n) is 27.8. The number of hydrogen-bond acceptors (Lipinski definition) is 5. The van der Waals surface area contributed by atoms with E-state index in [0.717, 1.165) is 44.9 Å². The molecule has 0 saturated carbocycles. The molecule has 0 fully saturated rings. The van der Waals surface area contributed by atoms with Gasteiger partial charge in [0.2, 0.25) is 5.91 Å². The number of carbonyl (C=O) groups excluding carboxylic acids is 2. The summed E-state index contributed by atoms with van der Waals surface area (Å²) in [5.41, 5.74) is 0. The standard InChI is InChI=1S/C82H157NO5/c1-3-5-7-9-11-13-15-17-19-21-44-48-52-56-60-64-68-72-76-82(87)88-77-73-69-65-61-57-53-49-45-42-40-38-36-34-32-30-28-26-24-22-23-25-27-29-31-33-35-37-39-41-43-47-51-55-59-63-67-71-75-81(86)83-79(78-84)80(85)74-70-66-62-58-54-50-46-20-18-16-14-12-10-8-6-4-2/h22,24,28,30,70,74,79-80,84-85H,3-21,23,25-27,29,31-69,71-73,75-78H2,1-2H3,(H,83,86)/b24-22-,30-28-,74-70+. The molecule has 2 atom stereocenters. The van der Waals surface area contributed by atoms with Crippen LogP contribution in [0.5, 0.6) is 0 Å². The minimum absolute atomic E-state index is 0.0238. The third-order valence-electron chi connectivity index (χ3n) is 18.9. The van der Waals surface area contributed by atoms with Crippen LogP contribution in [0.2, 0.25) is 0 Å². The Balaban J connectivity index is 3.36. The number of allylic oxidation sites excluding steroid dienone is 5. The summed E-state index contributed by atoms with van der Waals surface area (Å²) in [6, 6.07) is -0.626. The Morgan fingerprint density at radius 3 is 0.864 bits per heavy atom. The van der Waals surface area contributed by atoms with Crippen LogP contribution in [0, 0.1) is 0 Å². The third-order valence-corrected chi connectivity index (χ3v) is 18.9. The molecular weight excluding hydrogens is 1080 g/mol. The van der Waals surface area contributed by atoms with Crippen LogP contribution in [0.25, 0.3) is 0 Å². The molecule has 0 bridgehead atoms. The Labute approximate surface area is 551 Å². The summed E-state index contributed by atoms with van der Waals surface area (Å²) in [5.74, 6) is -0.0384. The van der Waals surface area contributed by atoms with Gasteiger partial charge in [0.25, 0.3) is 0 Å². The molecule has 0 heterocycles. The number of unbranched alkanes of at least 4 members (excludes halogenated alkanes) is 61. The van der Waals surface area contributed by atoms with Crippen LogP contribution in [-0.4, -0.2) is 47.4 Å². The number of rotatable bonds is 76. The minimum Gasteiger partial charge on any atom is -0.466 e. The number of esters is 1. The van der Waals surface area contributed by atoms with Crippen molar-refractivity contribution < 1.29 is 24.5 Å². The second kappa shape index (κ2) is 77.5. The van der Waals surface area contributed by atoms with Gasteiger partial charge in [0, 0.05) is 12.8 Å². The molecule has 1 amide bonds. The van der Waals surface area contributed by atoms with Crippen molar-refractivity contribution >= 4 is 11.9 Å². The molecule has 6 nitrogen and oxygen atoms in total. The van der Waals surface area contributed by atoms with Crippen LogP contribution >= 0.6 is 0 Å². The van der Waals surface area contributed by atoms with Crippen molar-refractivity contribution in [3.8, 4) is 0 Å². The summed E-state index contributed by atoms with van der Waals surface area (Å²) in [7, 11) is 0. The fourth-order valence-corrected chi connectivity index (χ4v) is 12.8. The lowest BCUT2D eigenvalue weighted by atomic mass is 10.0. The van der Waals surface area contributed by atoms with Gasteiger partial charge in [-0.15, -0.1) is 0 Å². The lowest BCUT2D eigenvalue weighted by Gasteiger charge is -2.20. The van der Waals surface area contributed by atoms with Crippen LogP contribution < -0.4 is 5.32 Å². The number of aliphatic hydroxyl groups is 2. The van der Waals surface area contributed by atoms with Gasteiger partial charge in [-0.25, -0.2) is 0 Å². The van der Waals surface area contributed by atoms with E-state index in [2.05, 4.69) is 43.5 Å². The Morgan fingerprint density at radius 1 is 0.318 bits per heavy atom. The maximum absolute atomic E-state index is 12.5. The lowest BCUT2D eigenvalue weighted by Crippen LogP contribution is -2.45. The van der Waals surface area contributed by atoms with Crippen molar-refractivity contribution in [1.82, 2.24) is 5.32 Å². The van der Waals surface area contributed by atoms with E-state index in [9.17, 15) is 19.8 Å². The van der Waals surface area contributed by atoms with Gasteiger partial charge in [0.05, 0.1) is 25.4 Å². The van der Waals surface area contributed by atoms with Crippen molar-refractivity contribution in [3.05, 3.63) is 36.5 Å². The zero-order chi connectivity index (χ0) is 63.5. The number of carbonyl (C=O) groups is 2. The van der Waals surface area contributed by atoms with E-state index in [1.54, 1.807) is 6.08 Å². The molecule has 0 aromatic heterocycles. The SMILES string of the molecule is CCCCCCCCCCCCCCCC/C=C/C(O)C(CO)NC(=O)CCCCCCCCCCCCCCCCCCC/C=C\C/C=C\CCCCCCCCCCCCCCCOC(=O)CCCCCCCCCCCCCCCCCCCC. The monoisotopic (exact) mass is 1240 g/mol. The highest BCUT2D eigenvalue weighted by Gasteiger charge is 2.18. The van der Waals surface area contributed by atoms with Gasteiger partial charge in [0.15, 0.2) is 0 Å². The summed E-state index contributed by atoms with van der Waals surface area (Å²) in [6.07, 6.45) is 101. The van der Waals surface area contributed by atoms with Crippen molar-refractivity contribution in [3.63, 3.8) is 0 Å². The van der Waals surface area contributed by atoms with E-state index in [0.29, 0.717) is 19.4 Å². The first-order chi connectivity index (χ1) is 43.5. The van der Waals surface area contributed by atoms with Gasteiger partial charge in [-0.05, 0) is 64.2 Å². The van der Waals surface area contributed by atoms with Gasteiger partial charge < -0.3 is 20.3 Å². The summed E-state index contributed by atoms with van der Waals surface area (Å²) in [5, 5.41) is 23.2. The molecule has 3 N–H and O–H groups in total. The normalized spacial score (nSPS) is 12.6. The van der Waals surface area contributed by atoms with E-state index in [1.807, 2.05) is 6.08 Å². The molecule has 0 aliphatic heterocycles. The number of aliphatic hydroxyl groups excluding tert-OH is 2. The van der Waals surface area contributed by atoms with Crippen LogP contribution in [0.15, 0.2) is 36.5 Å². The molecule has 6 heteroatoms. The maximum atomic E-state index is 12.5. The topological polar surface area (TPSA) is 95.9 Å². The molecule has 0 saturated heterocycles. The molecule has 0 radical (unpaired) electrons. The van der Waals surface area contributed by atoms with Gasteiger partial charge in [-0.2, -0.15) is 0 Å². The second-order valence-corrected chi connectivity index (χ2v) is 27.8. The van der Waals surface area contributed by atoms with E-state index in [-0.39, 0.29) is 18.5 Å². The first-order valence-electron chi connectivity index (χ1n) is 40.3. The molecular formula is C82H157NO5. The number of amides is 1. The molecule has 0 spiro atoms. The zero-order valence-electron chi connectivity index (χ0n) is 59.7. The van der Waals surface area contributed by atoms with Crippen molar-refractivity contribution in [2.45, 2.75) is 463 Å². The van der Waals surface area contributed by atoms with Gasteiger partial charge >= 0.3 is 5.97 Å². The zero-order valence-corrected chi connectivity index (χ0v) is 59.7. The summed E-state index contributed by atoms with van der Waals surface area (Å²) in [6.45, 7) is 4.95. The van der Waals surface area contributed by atoms with Crippen LogP contribution in [0.4, 0.5) is 0 Å². The van der Waals surface area contributed by atoms with E-state index in [1.165, 1.54) is 379 Å². The van der Waals surface area contributed by atoms with Crippen LogP contribution in [0.3, 0.4) is 0 Å². The fourth-order valence-electron chi connectivity index (χ4n) is 12.8. The molecule has 0 aliphatic rings. The van der Waals surface area contributed by atoms with Crippen molar-refractivity contribution in [2.24, 2.45) is 0 Å². The molecule has 88 heavy (non-hydrogen) atoms. The first kappa shape index (κ1) is 86.1. The van der Waals surface area contributed by atoms with Crippen molar-refractivity contribution in [1.29, 1.82) is 0 Å². The van der Waals surface area contributed by atoms with E-state index < -0.39 is 12.1 Å². The number of nitrogens with one attached hydrogen (secondary N) is 1. The highest BCUT2D eigenvalue weighted by Crippen LogP contribution is 2.20. The summed E-state index contributed by atoms with van der Waals surface area (Å²) >= 11 is 0. The van der Waals surface area contributed by atoms with Crippen molar-refractivity contribution in [2.75, 3.05) is 13.2 Å². The molecule has 0 aromatic carbocycles. The smallest absolute Gasteiger partial charge is 0.305 e. The lowest BCUT2D eigenvalue weighted by molar-refractivity contribution is -0.143. The average Bonchev–Trinajstić information content (AvgIpc) is 3.58. The predicted molar refractivity (Wildman–Crippen MR) is 389 cm³/mol. The average molecular weight is 1240 g/mol. The predicted octanol–water partition coefficient (Wildman–Crippen LogP) is 26.6. The first-order valence-corrected chi connectivity index (χ1v) is 40.3. The summed E-state index contributed by atoms with van der Waals surface area (Å²) < 4.78 is 5.52. The Hall–Kier alpha value is -1.92. The van der Waals surface area contributed by atoms with E-state index in [4.69, 9.17) is 4.74 Å². The Kier molecular flexibility index (Phi) is 75.8. The minimum atomic E-state index is -0.843. The molecule has 0 aromatic rings. The Morgan fingerprint density at radius 2 is 0.568 bits per heavy atom. The van der Waals surface area contributed by atoms with Gasteiger partial charge in [0.1, 0.15) is 0 Å². The van der Waals surface area contributed by atoms with E-state index >= 15 is 0 Å². The molecule has 0 rings (SSSR count). The highest BCUT2D eigenvalue weighted by molar-refractivity contribution is 5.76. The van der Waals surface area contributed by atoms with Crippen LogP contribution in [-0.2, 0) is 14.3 Å². The Bertz CT molecular complexity index is 1430. The van der Waals surface area contributed by atoms with Gasteiger partial charge in [-0.3, -0.25) is 9.59 Å². The van der Waals surface area contributed by atoms with Gasteiger partial charge in [-0.1, -0.05) is 410 Å². The molecule has 2 unspecified atom stereocenters. The number of hydrogen-bond donors (Lipinski definition) is 3. The summed E-state index contributed by atoms with van der Waals surface area (Å²) in [4.78, 5) is 24.6. The molecule has 0 aliphatic carbocycles. The van der Waals surface area contributed by atoms with Crippen LogP contribution in [0.1, 0.15) is 450 Å². The molecule has 520 valence electrons. The fraction of sp³-hybridized carbons (Fsp3) is 0.902. The number of ether oxygens (including phenoxy) is 1. The quantitative estimate of drug-likeness (QED) is 0.0320. The largest absolute Gasteiger partial charge is 0.466 e.